The van der Waals surface area contributed by atoms with Gasteiger partial charge in [0.25, 0.3) is 0 Å². The molecule has 75 heavy (non-hydrogen) atoms. The highest BCUT2D eigenvalue weighted by Gasteiger charge is 2.19. The molecule has 0 spiro atoms. The van der Waals surface area contributed by atoms with Gasteiger partial charge in [-0.2, -0.15) is 0 Å². The zero-order chi connectivity index (χ0) is 54.3. The number of ether oxygens (including phenoxy) is 3. The molecule has 0 aromatic rings. The molecule has 0 saturated carbocycles. The molecule has 0 aliphatic heterocycles. The lowest BCUT2D eigenvalue weighted by Gasteiger charge is -2.18. The lowest BCUT2D eigenvalue weighted by molar-refractivity contribution is -0.167. The van der Waals surface area contributed by atoms with Crippen molar-refractivity contribution >= 4 is 17.9 Å². The first-order chi connectivity index (χ1) is 37.0. The van der Waals surface area contributed by atoms with Crippen LogP contribution in [0.15, 0.2) is 109 Å². The maximum Gasteiger partial charge on any atom is 0.306 e. The first kappa shape index (κ1) is 71.1. The van der Waals surface area contributed by atoms with E-state index in [-0.39, 0.29) is 37.5 Å². The Bertz CT molecular complexity index is 1520. The molecule has 0 amide bonds. The monoisotopic (exact) mass is 1040 g/mol. The third-order valence-electron chi connectivity index (χ3n) is 13.2. The summed E-state index contributed by atoms with van der Waals surface area (Å²) in [6.45, 7) is 6.46. The first-order valence-corrected chi connectivity index (χ1v) is 31.4. The van der Waals surface area contributed by atoms with Crippen molar-refractivity contribution in [2.75, 3.05) is 13.2 Å². The normalized spacial score (nSPS) is 12.8. The van der Waals surface area contributed by atoms with E-state index in [0.717, 1.165) is 103 Å². The van der Waals surface area contributed by atoms with Crippen LogP contribution < -0.4 is 0 Å². The van der Waals surface area contributed by atoms with E-state index in [1.165, 1.54) is 141 Å². The van der Waals surface area contributed by atoms with Crippen molar-refractivity contribution in [3.63, 3.8) is 0 Å². The van der Waals surface area contributed by atoms with Crippen LogP contribution in [-0.2, 0) is 28.6 Å². The van der Waals surface area contributed by atoms with Gasteiger partial charge in [0, 0.05) is 19.3 Å². The Morgan fingerprint density at radius 3 is 0.907 bits per heavy atom. The molecule has 0 saturated heterocycles. The van der Waals surface area contributed by atoms with E-state index in [1.807, 2.05) is 0 Å². The molecule has 1 unspecified atom stereocenters. The minimum absolute atomic E-state index is 0.103. The van der Waals surface area contributed by atoms with Crippen LogP contribution in [0.4, 0.5) is 0 Å². The van der Waals surface area contributed by atoms with E-state index in [4.69, 9.17) is 14.2 Å². The molecule has 0 rings (SSSR count). The lowest BCUT2D eigenvalue weighted by atomic mass is 10.1. The fourth-order valence-corrected chi connectivity index (χ4v) is 8.54. The summed E-state index contributed by atoms with van der Waals surface area (Å²) in [5.41, 5.74) is 0. The van der Waals surface area contributed by atoms with Gasteiger partial charge in [0.15, 0.2) is 6.10 Å². The second-order valence-corrected chi connectivity index (χ2v) is 20.6. The van der Waals surface area contributed by atoms with Gasteiger partial charge in [0.05, 0.1) is 0 Å². The van der Waals surface area contributed by atoms with Crippen molar-refractivity contribution in [1.82, 2.24) is 0 Å². The van der Waals surface area contributed by atoms with Crippen LogP contribution in [0, 0.1) is 0 Å². The van der Waals surface area contributed by atoms with Crippen molar-refractivity contribution in [3.8, 4) is 0 Å². The predicted octanol–water partition coefficient (Wildman–Crippen LogP) is 21.4. The zero-order valence-electron chi connectivity index (χ0n) is 49.0. The third-order valence-corrected chi connectivity index (χ3v) is 13.2. The molecule has 0 heterocycles. The quantitative estimate of drug-likeness (QED) is 0.0261. The number of esters is 3. The van der Waals surface area contributed by atoms with Gasteiger partial charge in [0.2, 0.25) is 0 Å². The molecule has 0 aromatic heterocycles. The number of carbonyl (C=O) groups is 3. The molecule has 6 heteroatoms. The Labute approximate surface area is 463 Å². The molecular weight excluding hydrogens is 925 g/mol. The van der Waals surface area contributed by atoms with Crippen molar-refractivity contribution in [2.24, 2.45) is 0 Å². The van der Waals surface area contributed by atoms with Crippen LogP contribution in [0.2, 0.25) is 0 Å². The fourth-order valence-electron chi connectivity index (χ4n) is 8.54. The summed E-state index contributed by atoms with van der Waals surface area (Å²) >= 11 is 0. The molecule has 0 aliphatic rings. The number of allylic oxidation sites excluding steroid dienone is 18. The van der Waals surface area contributed by atoms with Crippen LogP contribution in [0.5, 0.6) is 0 Å². The summed E-state index contributed by atoms with van der Waals surface area (Å²) in [6.07, 6.45) is 85.2. The summed E-state index contributed by atoms with van der Waals surface area (Å²) < 4.78 is 16.9. The molecule has 0 radical (unpaired) electrons. The van der Waals surface area contributed by atoms with Gasteiger partial charge in [-0.15, -0.1) is 0 Å². The van der Waals surface area contributed by atoms with Crippen molar-refractivity contribution in [2.45, 2.75) is 297 Å². The average molecular weight is 1040 g/mol. The highest BCUT2D eigenvalue weighted by atomic mass is 16.6. The van der Waals surface area contributed by atoms with Crippen molar-refractivity contribution in [1.29, 1.82) is 0 Å². The van der Waals surface area contributed by atoms with Crippen LogP contribution in [0.25, 0.3) is 0 Å². The molecule has 1 atom stereocenters. The minimum Gasteiger partial charge on any atom is -0.462 e. The average Bonchev–Trinajstić information content (AvgIpc) is 3.41. The SMILES string of the molecule is CC/C=C\C/C=C\C/C=C\C/C=C\C/C=C\CCCC(=O)OCC(COC(=O)CCCCCCCCCCC/C=C\CCCCCCCCCC)OC(=O)CCCCCCCC/C=C\C/C=C\C/C=C\CCCCC. The third kappa shape index (κ3) is 60.8. The van der Waals surface area contributed by atoms with E-state index >= 15 is 0 Å². The second kappa shape index (κ2) is 62.6. The van der Waals surface area contributed by atoms with Gasteiger partial charge in [-0.1, -0.05) is 259 Å². The maximum atomic E-state index is 12.9. The van der Waals surface area contributed by atoms with Crippen molar-refractivity contribution < 1.29 is 28.6 Å². The van der Waals surface area contributed by atoms with E-state index in [0.29, 0.717) is 19.3 Å². The van der Waals surface area contributed by atoms with Crippen LogP contribution in [0.3, 0.4) is 0 Å². The van der Waals surface area contributed by atoms with E-state index in [1.54, 1.807) is 0 Å². The van der Waals surface area contributed by atoms with Gasteiger partial charge < -0.3 is 14.2 Å². The number of unbranched alkanes of at least 4 members (excludes halogenated alkanes) is 27. The van der Waals surface area contributed by atoms with Gasteiger partial charge in [-0.3, -0.25) is 14.4 Å². The van der Waals surface area contributed by atoms with E-state index < -0.39 is 6.10 Å². The minimum atomic E-state index is -0.812. The number of carbonyl (C=O) groups excluding carboxylic acids is 3. The number of hydrogen-bond donors (Lipinski definition) is 0. The highest BCUT2D eigenvalue weighted by Crippen LogP contribution is 2.15. The molecule has 0 aliphatic carbocycles. The van der Waals surface area contributed by atoms with Crippen LogP contribution in [-0.4, -0.2) is 37.2 Å². The summed E-state index contributed by atoms with van der Waals surface area (Å²) in [5, 5.41) is 0. The Kier molecular flexibility index (Phi) is 59.3. The van der Waals surface area contributed by atoms with Crippen LogP contribution in [0.1, 0.15) is 290 Å². The van der Waals surface area contributed by atoms with Gasteiger partial charge >= 0.3 is 17.9 Å². The summed E-state index contributed by atoms with van der Waals surface area (Å²) in [4.78, 5) is 38.3. The zero-order valence-corrected chi connectivity index (χ0v) is 49.0. The summed E-state index contributed by atoms with van der Waals surface area (Å²) in [5.74, 6) is -0.973. The summed E-state index contributed by atoms with van der Waals surface area (Å²) in [6, 6.07) is 0. The smallest absolute Gasteiger partial charge is 0.306 e. The topological polar surface area (TPSA) is 78.9 Å². The molecule has 0 fully saturated rings. The molecule has 6 nitrogen and oxygen atoms in total. The molecule has 0 bridgehead atoms. The Morgan fingerprint density at radius 1 is 0.280 bits per heavy atom. The van der Waals surface area contributed by atoms with E-state index in [9.17, 15) is 14.4 Å². The number of rotatable bonds is 56. The highest BCUT2D eigenvalue weighted by molar-refractivity contribution is 5.71. The molecule has 0 N–H and O–H groups in total. The van der Waals surface area contributed by atoms with Crippen molar-refractivity contribution in [3.05, 3.63) is 109 Å². The first-order valence-electron chi connectivity index (χ1n) is 31.4. The Morgan fingerprint density at radius 2 is 0.533 bits per heavy atom. The second-order valence-electron chi connectivity index (χ2n) is 20.6. The molecule has 0 aromatic carbocycles. The maximum absolute atomic E-state index is 12.9. The molecule has 428 valence electrons. The number of hydrogen-bond acceptors (Lipinski definition) is 6. The van der Waals surface area contributed by atoms with Crippen LogP contribution >= 0.6 is 0 Å². The van der Waals surface area contributed by atoms with Gasteiger partial charge in [-0.05, 0) is 122 Å². The Hall–Kier alpha value is -3.93. The molecular formula is C69H116O6. The predicted molar refractivity (Wildman–Crippen MR) is 325 cm³/mol. The van der Waals surface area contributed by atoms with E-state index in [2.05, 4.69) is 130 Å². The summed E-state index contributed by atoms with van der Waals surface area (Å²) in [7, 11) is 0. The standard InChI is InChI=1S/C69H116O6/c1-4-7-10-13-16-19-22-25-28-31-33-34-36-38-41-44-47-50-53-56-59-62-68(71)74-65-66(64-73-67(70)61-58-55-52-49-46-43-40-37-30-27-24-21-18-15-12-9-6-3)75-69(72)63-60-57-54-51-48-45-42-39-35-32-29-26-23-20-17-14-11-8-5-2/h9,12,17-18,20-21,26-27,29-31,33,35,39-40,43,49,52,66H,4-8,10-11,13-16,19,22-25,28,32,34,36-38,41-42,44-48,50-51,53-65H2,1-3H3/b12-9-,20-17-,21-18-,29-26-,30-27-,33-31-,39-35-,43-40-,52-49-. The lowest BCUT2D eigenvalue weighted by Crippen LogP contribution is -2.30. The fraction of sp³-hybridized carbons (Fsp3) is 0.696. The largest absolute Gasteiger partial charge is 0.462 e. The Balaban J connectivity index is 4.47. The van der Waals surface area contributed by atoms with Gasteiger partial charge in [0.1, 0.15) is 13.2 Å². The van der Waals surface area contributed by atoms with Gasteiger partial charge in [-0.25, -0.2) is 0 Å².